The lowest BCUT2D eigenvalue weighted by Crippen LogP contribution is -2.30. The van der Waals surface area contributed by atoms with E-state index in [1.807, 2.05) is 12.2 Å². The number of allylic oxidation sites excluding steroid dienone is 4. The van der Waals surface area contributed by atoms with E-state index in [0.29, 0.717) is 0 Å². The predicted molar refractivity (Wildman–Crippen MR) is 97.4 cm³/mol. The summed E-state index contributed by atoms with van der Waals surface area (Å²) in [5, 5.41) is 0. The number of nitrogens with one attached hydrogen (secondary N) is 1. The average Bonchev–Trinajstić information content (AvgIpc) is 3.06. The molecular formula is C20H22N2O3. The molecule has 1 atom stereocenters. The van der Waals surface area contributed by atoms with Gasteiger partial charge in [0.25, 0.3) is 5.56 Å². The molecule has 2 heterocycles. The summed E-state index contributed by atoms with van der Waals surface area (Å²) in [5.41, 5.74) is 4.39. The van der Waals surface area contributed by atoms with E-state index in [1.54, 1.807) is 10.8 Å². The van der Waals surface area contributed by atoms with Crippen molar-refractivity contribution >= 4 is 0 Å². The summed E-state index contributed by atoms with van der Waals surface area (Å²) in [7, 11) is 0. The molecule has 1 aliphatic heterocycles. The Morgan fingerprint density at radius 1 is 1.16 bits per heavy atom. The Morgan fingerprint density at radius 3 is 2.44 bits per heavy atom. The summed E-state index contributed by atoms with van der Waals surface area (Å²) in [6, 6.07) is 9.83. The summed E-state index contributed by atoms with van der Waals surface area (Å²) in [6.45, 7) is 5.68. The van der Waals surface area contributed by atoms with E-state index in [9.17, 15) is 9.59 Å². The Labute approximate surface area is 146 Å². The van der Waals surface area contributed by atoms with Crippen molar-refractivity contribution in [1.82, 2.24) is 9.55 Å². The summed E-state index contributed by atoms with van der Waals surface area (Å²) in [4.78, 5) is 24.8. The topological polar surface area (TPSA) is 64.1 Å². The van der Waals surface area contributed by atoms with Crippen molar-refractivity contribution in [3.63, 3.8) is 0 Å². The summed E-state index contributed by atoms with van der Waals surface area (Å²) in [5.74, 6) is 0. The lowest BCUT2D eigenvalue weighted by Gasteiger charge is -2.11. The number of fused-ring (bicyclic) bond motifs is 2. The van der Waals surface area contributed by atoms with Crippen molar-refractivity contribution in [3.8, 4) is 0 Å². The highest BCUT2D eigenvalue weighted by Crippen LogP contribution is 2.27. The number of ether oxygens (including phenoxy) is 1. The molecule has 2 bridgehead atoms. The molecule has 0 radical (unpaired) electrons. The van der Waals surface area contributed by atoms with Crippen LogP contribution in [0.5, 0.6) is 0 Å². The van der Waals surface area contributed by atoms with Crippen molar-refractivity contribution in [2.75, 3.05) is 0 Å². The summed E-state index contributed by atoms with van der Waals surface area (Å²) >= 11 is 0. The molecular weight excluding hydrogens is 316 g/mol. The first kappa shape index (κ1) is 17.2. The van der Waals surface area contributed by atoms with Gasteiger partial charge in [-0.15, -0.1) is 0 Å². The van der Waals surface area contributed by atoms with Gasteiger partial charge in [-0.25, -0.2) is 4.79 Å². The first-order valence-corrected chi connectivity index (χ1v) is 8.34. The molecule has 2 aromatic rings. The molecule has 0 saturated heterocycles. The van der Waals surface area contributed by atoms with Crippen LogP contribution in [0.15, 0.2) is 69.4 Å². The van der Waals surface area contributed by atoms with Gasteiger partial charge in [-0.3, -0.25) is 14.3 Å². The summed E-state index contributed by atoms with van der Waals surface area (Å²) < 4.78 is 6.80. The van der Waals surface area contributed by atoms with Crippen LogP contribution >= 0.6 is 0 Å². The molecule has 2 aliphatic rings. The van der Waals surface area contributed by atoms with Crippen LogP contribution in [0.4, 0.5) is 0 Å². The maximum absolute atomic E-state index is 11.6. The highest BCUT2D eigenvalue weighted by atomic mass is 16.5. The van der Waals surface area contributed by atoms with Gasteiger partial charge in [0, 0.05) is 12.3 Å². The monoisotopic (exact) mass is 338 g/mol. The molecule has 1 aromatic carbocycles. The fraction of sp³-hybridized carbons (Fsp3) is 0.300. The van der Waals surface area contributed by atoms with Gasteiger partial charge in [0.2, 0.25) is 0 Å². The maximum Gasteiger partial charge on any atom is 0.328 e. The standard InChI is InChI=1S/C12H14N2O2.C8H8O/c1-8(2)9-3-4-10(7-9)14-6-5-11(15)13-12(14)16;1-2-7-4-8(3-1)6-9-5-7/h3-6,10H,7H2,1-2H3,(H,13,15,16);1-4H,5-6H2. The van der Waals surface area contributed by atoms with Crippen molar-refractivity contribution in [1.29, 1.82) is 0 Å². The number of H-pyrrole nitrogens is 1. The van der Waals surface area contributed by atoms with Crippen molar-refractivity contribution < 1.29 is 4.74 Å². The van der Waals surface area contributed by atoms with E-state index in [4.69, 9.17) is 4.74 Å². The van der Waals surface area contributed by atoms with E-state index >= 15 is 0 Å². The zero-order chi connectivity index (χ0) is 17.8. The number of nitrogens with zero attached hydrogens (tertiary/aromatic N) is 1. The van der Waals surface area contributed by atoms with E-state index in [-0.39, 0.29) is 17.3 Å². The molecule has 5 nitrogen and oxygen atoms in total. The zero-order valence-corrected chi connectivity index (χ0v) is 14.5. The first-order chi connectivity index (χ1) is 12.0. The second-order valence-corrected chi connectivity index (χ2v) is 6.49. The zero-order valence-electron chi connectivity index (χ0n) is 14.5. The Morgan fingerprint density at radius 2 is 1.88 bits per heavy atom. The minimum atomic E-state index is -0.356. The highest BCUT2D eigenvalue weighted by Gasteiger charge is 2.16. The van der Waals surface area contributed by atoms with Crippen LogP contribution in [0.2, 0.25) is 0 Å². The summed E-state index contributed by atoms with van der Waals surface area (Å²) in [6.07, 6.45) is 6.39. The smallest absolute Gasteiger partial charge is 0.328 e. The molecule has 4 rings (SSSR count). The number of rotatable bonds is 1. The molecule has 1 aliphatic carbocycles. The maximum atomic E-state index is 11.6. The third kappa shape index (κ3) is 4.25. The molecule has 130 valence electrons. The lowest BCUT2D eigenvalue weighted by atomic mass is 10.1. The SMILES string of the molecule is CC(C)=C1C=CC(n2ccc(=O)[nH]c2=O)C1.c1cc2cc(c1)COC2. The third-order valence-corrected chi connectivity index (χ3v) is 4.33. The van der Waals surface area contributed by atoms with Gasteiger partial charge >= 0.3 is 5.69 Å². The van der Waals surface area contributed by atoms with Crippen LogP contribution in [-0.2, 0) is 18.0 Å². The van der Waals surface area contributed by atoms with Crippen molar-refractivity contribution in [2.24, 2.45) is 0 Å². The van der Waals surface area contributed by atoms with E-state index in [2.05, 4.69) is 43.1 Å². The van der Waals surface area contributed by atoms with E-state index < -0.39 is 0 Å². The van der Waals surface area contributed by atoms with Crippen molar-refractivity contribution in [3.05, 3.63) is 91.8 Å². The minimum Gasteiger partial charge on any atom is -0.372 e. The molecule has 0 amide bonds. The van der Waals surface area contributed by atoms with Gasteiger partial charge in [0.05, 0.1) is 19.3 Å². The number of benzene rings is 1. The second-order valence-electron chi connectivity index (χ2n) is 6.49. The van der Waals surface area contributed by atoms with Crippen LogP contribution in [-0.4, -0.2) is 9.55 Å². The molecule has 1 N–H and O–H groups in total. The third-order valence-electron chi connectivity index (χ3n) is 4.33. The largest absolute Gasteiger partial charge is 0.372 e. The second kappa shape index (κ2) is 7.49. The quantitative estimate of drug-likeness (QED) is 0.869. The van der Waals surface area contributed by atoms with Crippen LogP contribution in [0, 0.1) is 0 Å². The fourth-order valence-corrected chi connectivity index (χ4v) is 2.93. The number of hydrogen-bond acceptors (Lipinski definition) is 3. The normalized spacial score (nSPS) is 17.8. The first-order valence-electron chi connectivity index (χ1n) is 8.34. The Kier molecular flexibility index (Phi) is 5.14. The van der Waals surface area contributed by atoms with Gasteiger partial charge < -0.3 is 4.74 Å². The Bertz CT molecular complexity index is 911. The van der Waals surface area contributed by atoms with Crippen molar-refractivity contribution in [2.45, 2.75) is 39.5 Å². The molecule has 0 saturated carbocycles. The Hall–Kier alpha value is -2.66. The van der Waals surface area contributed by atoms with E-state index in [1.165, 1.54) is 28.3 Å². The molecule has 0 spiro atoms. The van der Waals surface area contributed by atoms with Crippen LogP contribution in [0.1, 0.15) is 37.4 Å². The predicted octanol–water partition coefficient (Wildman–Crippen LogP) is 3.09. The average molecular weight is 338 g/mol. The molecule has 5 heteroatoms. The highest BCUT2D eigenvalue weighted by molar-refractivity contribution is 5.31. The van der Waals surface area contributed by atoms with Gasteiger partial charge in [0.15, 0.2) is 0 Å². The number of hydrogen-bond donors (Lipinski definition) is 1. The molecule has 25 heavy (non-hydrogen) atoms. The number of aromatic amines is 1. The van der Waals surface area contributed by atoms with Gasteiger partial charge in [0.1, 0.15) is 0 Å². The van der Waals surface area contributed by atoms with E-state index in [0.717, 1.165) is 19.6 Å². The lowest BCUT2D eigenvalue weighted by molar-refractivity contribution is 0.0993. The van der Waals surface area contributed by atoms with Crippen LogP contribution < -0.4 is 11.2 Å². The fourth-order valence-electron chi connectivity index (χ4n) is 2.93. The van der Waals surface area contributed by atoms with Crippen LogP contribution in [0.3, 0.4) is 0 Å². The van der Waals surface area contributed by atoms with Gasteiger partial charge in [-0.05, 0) is 37.0 Å². The van der Waals surface area contributed by atoms with Gasteiger partial charge in [-0.2, -0.15) is 0 Å². The molecule has 1 unspecified atom stereocenters. The Balaban J connectivity index is 0.000000170. The molecule has 0 fully saturated rings. The molecule has 1 aromatic heterocycles. The minimum absolute atomic E-state index is 0.0225. The van der Waals surface area contributed by atoms with Gasteiger partial charge in [-0.1, -0.05) is 42.0 Å². The van der Waals surface area contributed by atoms with Crippen LogP contribution in [0.25, 0.3) is 0 Å². The number of aromatic nitrogens is 2.